The first kappa shape index (κ1) is 25.7. The van der Waals surface area contributed by atoms with Gasteiger partial charge in [0.1, 0.15) is 0 Å². The Labute approximate surface area is 237 Å². The van der Waals surface area contributed by atoms with Gasteiger partial charge in [-0.3, -0.25) is 4.79 Å². The molecule has 6 aromatic rings. The molecule has 0 N–H and O–H groups in total. The number of hydrogen-bond acceptors (Lipinski definition) is 2. The van der Waals surface area contributed by atoms with Gasteiger partial charge in [-0.25, -0.2) is 0 Å². The number of benzene rings is 6. The fraction of sp³-hybridized carbons (Fsp3) is 0.0541. The highest BCUT2D eigenvalue weighted by Gasteiger charge is 2.25. The summed E-state index contributed by atoms with van der Waals surface area (Å²) in [5.41, 5.74) is 2.85. The van der Waals surface area contributed by atoms with Crippen LogP contribution in [0.4, 0.5) is 0 Å². The molecule has 0 bridgehead atoms. The summed E-state index contributed by atoms with van der Waals surface area (Å²) >= 11 is 0. The summed E-state index contributed by atoms with van der Waals surface area (Å²) in [6.07, 6.45) is 3.50. The molecule has 6 aromatic carbocycles. The molecule has 2 nitrogen and oxygen atoms in total. The molecule has 0 radical (unpaired) electrons. The SMILES string of the molecule is CN(C)C=CC(=O)c1ccc2ccccc2c1-c1c(P(c2ccccc2)c2ccccc2)ccc2ccccc12. The number of nitrogens with zero attached hydrogens (tertiary/aromatic N) is 1. The minimum Gasteiger partial charge on any atom is -0.383 e. The van der Waals surface area contributed by atoms with Crippen LogP contribution >= 0.6 is 7.92 Å². The highest BCUT2D eigenvalue weighted by molar-refractivity contribution is 7.80. The molecule has 0 saturated heterocycles. The lowest BCUT2D eigenvalue weighted by atomic mass is 9.88. The molecule has 0 fully saturated rings. The van der Waals surface area contributed by atoms with Crippen LogP contribution in [0.15, 0.2) is 146 Å². The van der Waals surface area contributed by atoms with Gasteiger partial charge in [0, 0.05) is 37.5 Å². The number of fused-ring (bicyclic) bond motifs is 2. The number of rotatable bonds is 7. The maximum absolute atomic E-state index is 13.8. The Balaban J connectivity index is 1.75. The van der Waals surface area contributed by atoms with E-state index < -0.39 is 7.92 Å². The molecule has 0 aliphatic rings. The van der Waals surface area contributed by atoms with E-state index in [0.29, 0.717) is 5.56 Å². The van der Waals surface area contributed by atoms with Gasteiger partial charge in [0.15, 0.2) is 5.78 Å². The molecule has 0 aliphatic carbocycles. The highest BCUT2D eigenvalue weighted by atomic mass is 31.1. The van der Waals surface area contributed by atoms with Crippen molar-refractivity contribution in [3.8, 4) is 11.1 Å². The second-order valence-corrected chi connectivity index (χ2v) is 12.2. The fourth-order valence-electron chi connectivity index (χ4n) is 5.34. The summed E-state index contributed by atoms with van der Waals surface area (Å²) in [6.45, 7) is 0. The molecule has 40 heavy (non-hydrogen) atoms. The lowest BCUT2D eigenvalue weighted by Crippen LogP contribution is -2.22. The van der Waals surface area contributed by atoms with Crippen molar-refractivity contribution >= 4 is 51.2 Å². The van der Waals surface area contributed by atoms with E-state index in [0.717, 1.165) is 32.7 Å². The second-order valence-electron chi connectivity index (χ2n) is 10.0. The molecule has 3 heteroatoms. The fourth-order valence-corrected chi connectivity index (χ4v) is 7.82. The lowest BCUT2D eigenvalue weighted by Gasteiger charge is -2.25. The lowest BCUT2D eigenvalue weighted by molar-refractivity contribution is 0.104. The van der Waals surface area contributed by atoms with Crippen LogP contribution in [-0.4, -0.2) is 24.8 Å². The average Bonchev–Trinajstić information content (AvgIpc) is 3.00. The Morgan fingerprint density at radius 1 is 0.575 bits per heavy atom. The normalized spacial score (nSPS) is 11.5. The van der Waals surface area contributed by atoms with Gasteiger partial charge in [-0.05, 0) is 57.0 Å². The number of carbonyl (C=O) groups excluding carboxylic acids is 1. The maximum Gasteiger partial charge on any atom is 0.187 e. The monoisotopic (exact) mass is 535 g/mol. The number of hydrogen-bond donors (Lipinski definition) is 0. The minimum absolute atomic E-state index is 0.00270. The van der Waals surface area contributed by atoms with Gasteiger partial charge in [-0.1, -0.05) is 127 Å². The Hall–Kier alpha value is -4.52. The average molecular weight is 536 g/mol. The smallest absolute Gasteiger partial charge is 0.187 e. The van der Waals surface area contributed by atoms with E-state index in [1.807, 2.05) is 31.3 Å². The quantitative estimate of drug-likeness (QED) is 0.119. The summed E-state index contributed by atoms with van der Waals surface area (Å²) in [4.78, 5) is 15.7. The second kappa shape index (κ2) is 11.3. The van der Waals surface area contributed by atoms with Crippen molar-refractivity contribution in [2.75, 3.05) is 14.1 Å². The summed E-state index contributed by atoms with van der Waals surface area (Å²) in [7, 11) is 2.96. The van der Waals surface area contributed by atoms with Crippen LogP contribution in [0.2, 0.25) is 0 Å². The van der Waals surface area contributed by atoms with E-state index in [9.17, 15) is 4.79 Å². The van der Waals surface area contributed by atoms with Gasteiger partial charge in [0.2, 0.25) is 0 Å². The van der Waals surface area contributed by atoms with Gasteiger partial charge in [0.05, 0.1) is 0 Å². The largest absolute Gasteiger partial charge is 0.383 e. The minimum atomic E-state index is -0.906. The first-order valence-corrected chi connectivity index (χ1v) is 14.8. The molecule has 0 amide bonds. The van der Waals surface area contributed by atoms with E-state index in [1.165, 1.54) is 15.9 Å². The summed E-state index contributed by atoms with van der Waals surface area (Å²) < 4.78 is 0. The molecule has 0 aliphatic heterocycles. The van der Waals surface area contributed by atoms with Crippen LogP contribution in [0.5, 0.6) is 0 Å². The predicted octanol–water partition coefficient (Wildman–Crippen LogP) is 7.68. The first-order chi connectivity index (χ1) is 19.6. The number of allylic oxidation sites excluding steroid dienone is 1. The van der Waals surface area contributed by atoms with Crippen LogP contribution in [0, 0.1) is 0 Å². The van der Waals surface area contributed by atoms with E-state index in [2.05, 4.69) is 127 Å². The van der Waals surface area contributed by atoms with Gasteiger partial charge >= 0.3 is 0 Å². The summed E-state index contributed by atoms with van der Waals surface area (Å²) in [6, 6.07) is 47.1. The van der Waals surface area contributed by atoms with Crippen molar-refractivity contribution < 1.29 is 4.79 Å². The van der Waals surface area contributed by atoms with Crippen molar-refractivity contribution in [3.05, 3.63) is 151 Å². The number of carbonyl (C=O) groups is 1. The third-order valence-corrected chi connectivity index (χ3v) is 9.63. The zero-order valence-electron chi connectivity index (χ0n) is 22.7. The van der Waals surface area contributed by atoms with Crippen molar-refractivity contribution in [3.63, 3.8) is 0 Å². The molecule has 0 heterocycles. The van der Waals surface area contributed by atoms with Gasteiger partial charge < -0.3 is 4.90 Å². The standard InChI is InChI=1S/C37H30NOP/c1-38(2)26-25-34(39)33-23-21-27-13-9-11-19-31(27)36(33)37-32-20-12-10-14-28(32)22-24-35(37)40(29-15-5-3-6-16-29)30-17-7-4-8-18-30/h3-26H,1-2H3. The topological polar surface area (TPSA) is 20.3 Å². The Bertz CT molecular complexity index is 1800. The van der Waals surface area contributed by atoms with E-state index in [1.54, 1.807) is 6.08 Å². The zero-order chi connectivity index (χ0) is 27.5. The Morgan fingerprint density at radius 3 is 1.65 bits per heavy atom. The number of ketones is 1. The maximum atomic E-state index is 13.8. The highest BCUT2D eigenvalue weighted by Crippen LogP contribution is 2.43. The first-order valence-electron chi connectivity index (χ1n) is 13.4. The molecular weight excluding hydrogens is 505 g/mol. The molecular formula is C37H30NOP. The van der Waals surface area contributed by atoms with Crippen LogP contribution in [0.1, 0.15) is 10.4 Å². The Kier molecular flexibility index (Phi) is 7.27. The van der Waals surface area contributed by atoms with Gasteiger partial charge in [0.25, 0.3) is 0 Å². The van der Waals surface area contributed by atoms with Crippen molar-refractivity contribution in [1.29, 1.82) is 0 Å². The molecule has 0 unspecified atom stereocenters. The molecule has 194 valence electrons. The summed E-state index contributed by atoms with van der Waals surface area (Å²) in [5, 5.41) is 8.32. The van der Waals surface area contributed by atoms with Crippen LogP contribution < -0.4 is 15.9 Å². The van der Waals surface area contributed by atoms with E-state index >= 15 is 0 Å². The van der Waals surface area contributed by atoms with E-state index in [4.69, 9.17) is 0 Å². The van der Waals surface area contributed by atoms with Crippen LogP contribution in [0.25, 0.3) is 32.7 Å². The third kappa shape index (κ3) is 4.95. The molecule has 0 saturated carbocycles. The Morgan fingerprint density at radius 2 is 1.07 bits per heavy atom. The predicted molar refractivity (Wildman–Crippen MR) is 173 cm³/mol. The summed E-state index contributed by atoms with van der Waals surface area (Å²) in [5.74, 6) is -0.00270. The van der Waals surface area contributed by atoms with Crippen molar-refractivity contribution in [2.24, 2.45) is 0 Å². The van der Waals surface area contributed by atoms with E-state index in [-0.39, 0.29) is 5.78 Å². The van der Waals surface area contributed by atoms with Crippen LogP contribution in [0.3, 0.4) is 0 Å². The molecule has 0 spiro atoms. The van der Waals surface area contributed by atoms with Crippen molar-refractivity contribution in [2.45, 2.75) is 0 Å². The van der Waals surface area contributed by atoms with Crippen LogP contribution in [-0.2, 0) is 0 Å². The van der Waals surface area contributed by atoms with Gasteiger partial charge in [-0.15, -0.1) is 0 Å². The third-order valence-electron chi connectivity index (χ3n) is 7.15. The van der Waals surface area contributed by atoms with Crippen molar-refractivity contribution in [1.82, 2.24) is 4.90 Å². The van der Waals surface area contributed by atoms with Gasteiger partial charge in [-0.2, -0.15) is 0 Å². The molecule has 6 rings (SSSR count). The molecule has 0 aromatic heterocycles. The zero-order valence-corrected chi connectivity index (χ0v) is 23.6. The molecule has 0 atom stereocenters.